The van der Waals surface area contributed by atoms with E-state index < -0.39 is 10.0 Å². The van der Waals surface area contributed by atoms with E-state index in [1.54, 1.807) is 44.3 Å². The first kappa shape index (κ1) is 18.8. The summed E-state index contributed by atoms with van der Waals surface area (Å²) in [5.74, 6) is 5.84. The topological polar surface area (TPSA) is 84.8 Å². The Morgan fingerprint density at radius 2 is 1.74 bits per heavy atom. The van der Waals surface area contributed by atoms with Crippen LogP contribution in [0.3, 0.4) is 0 Å². The van der Waals surface area contributed by atoms with Gasteiger partial charge in [-0.3, -0.25) is 9.71 Å². The number of hydrogen-bond donors (Lipinski definition) is 1. The van der Waals surface area contributed by atoms with Gasteiger partial charge in [0.05, 0.1) is 27.5 Å². The molecule has 2 heterocycles. The molecule has 0 aliphatic rings. The third-order valence-corrected chi connectivity index (χ3v) is 5.38. The number of hydrogen-bond acceptors (Lipinski definition) is 5. The average Bonchev–Trinajstić information content (AvgIpc) is 2.64. The lowest BCUT2D eigenvalue weighted by atomic mass is 10.2. The van der Waals surface area contributed by atoms with Gasteiger partial charge in [0.2, 0.25) is 0 Å². The van der Waals surface area contributed by atoms with E-state index in [-0.39, 0.29) is 10.0 Å². The van der Waals surface area contributed by atoms with E-state index in [1.165, 1.54) is 18.5 Å². The van der Waals surface area contributed by atoms with Crippen LogP contribution in [0.5, 0.6) is 0 Å². The molecule has 0 fully saturated rings. The molecule has 0 saturated carbocycles. The molecule has 0 spiro atoms. The lowest BCUT2D eigenvalue weighted by Crippen LogP contribution is -2.14. The molecule has 2 aromatic heterocycles. The van der Waals surface area contributed by atoms with Crippen LogP contribution in [0.15, 0.2) is 53.8 Å². The first-order valence-electron chi connectivity index (χ1n) is 7.90. The maximum absolute atomic E-state index is 12.5. The highest BCUT2D eigenvalue weighted by atomic mass is 35.5. The molecule has 0 saturated heterocycles. The van der Waals surface area contributed by atoms with Crippen molar-refractivity contribution >= 4 is 27.3 Å². The van der Waals surface area contributed by atoms with Crippen LogP contribution in [0.1, 0.15) is 22.5 Å². The molecule has 1 N–H and O–H groups in total. The number of halogens is 1. The normalized spacial score (nSPS) is 10.8. The molecule has 3 rings (SSSR count). The maximum Gasteiger partial charge on any atom is 0.261 e. The zero-order valence-corrected chi connectivity index (χ0v) is 16.1. The van der Waals surface area contributed by atoms with Crippen molar-refractivity contribution in [2.45, 2.75) is 18.7 Å². The number of rotatable bonds is 3. The number of sulfonamides is 1. The zero-order valence-electron chi connectivity index (χ0n) is 14.6. The molecule has 1 aromatic carbocycles. The van der Waals surface area contributed by atoms with E-state index >= 15 is 0 Å². The van der Waals surface area contributed by atoms with Gasteiger partial charge in [-0.1, -0.05) is 41.6 Å². The third-order valence-electron chi connectivity index (χ3n) is 3.71. The molecular formula is C19H15ClN4O2S. The minimum atomic E-state index is -3.71. The van der Waals surface area contributed by atoms with E-state index in [1.807, 2.05) is 0 Å². The van der Waals surface area contributed by atoms with Crippen molar-refractivity contribution in [1.82, 2.24) is 15.0 Å². The van der Waals surface area contributed by atoms with Crippen molar-refractivity contribution in [2.75, 3.05) is 4.72 Å². The molecule has 0 aliphatic carbocycles. The van der Waals surface area contributed by atoms with Crippen LogP contribution in [0.2, 0.25) is 5.15 Å². The second kappa shape index (κ2) is 7.74. The number of nitrogens with one attached hydrogen (secondary N) is 1. The smallest absolute Gasteiger partial charge is 0.261 e. The third kappa shape index (κ3) is 4.42. The first-order valence-corrected chi connectivity index (χ1v) is 9.76. The Labute approximate surface area is 162 Å². The standard InChI is InChI=1S/C19H15ClN4O2S/c1-13-17(19(20)23-12-22-13)9-8-15-10-18(14(2)21-11-15)24-27(25,26)16-6-4-3-5-7-16/h3-7,10-12,24H,1-2H3. The van der Waals surface area contributed by atoms with Gasteiger partial charge >= 0.3 is 0 Å². The van der Waals surface area contributed by atoms with E-state index in [2.05, 4.69) is 31.5 Å². The van der Waals surface area contributed by atoms with Crippen LogP contribution < -0.4 is 4.72 Å². The minimum Gasteiger partial charge on any atom is -0.278 e. The van der Waals surface area contributed by atoms with Gasteiger partial charge in [-0.25, -0.2) is 18.4 Å². The number of aromatic nitrogens is 3. The Hall–Kier alpha value is -2.95. The highest BCUT2D eigenvalue weighted by Crippen LogP contribution is 2.19. The lowest BCUT2D eigenvalue weighted by molar-refractivity contribution is 0.601. The van der Waals surface area contributed by atoms with Gasteiger partial charge in [0.15, 0.2) is 0 Å². The van der Waals surface area contributed by atoms with Gasteiger partial charge in [-0.15, -0.1) is 0 Å². The summed E-state index contributed by atoms with van der Waals surface area (Å²) < 4.78 is 27.6. The summed E-state index contributed by atoms with van der Waals surface area (Å²) in [5, 5.41) is 0.264. The van der Waals surface area contributed by atoms with Gasteiger partial charge in [-0.2, -0.15) is 0 Å². The van der Waals surface area contributed by atoms with Crippen LogP contribution in [0, 0.1) is 25.7 Å². The first-order chi connectivity index (χ1) is 12.9. The Morgan fingerprint density at radius 1 is 1.00 bits per heavy atom. The molecule has 8 heteroatoms. The lowest BCUT2D eigenvalue weighted by Gasteiger charge is -2.10. The molecular weight excluding hydrogens is 384 g/mol. The van der Waals surface area contributed by atoms with Crippen molar-refractivity contribution in [3.63, 3.8) is 0 Å². The number of pyridine rings is 1. The van der Waals surface area contributed by atoms with Crippen molar-refractivity contribution in [2.24, 2.45) is 0 Å². The molecule has 0 radical (unpaired) electrons. The van der Waals surface area contributed by atoms with Gasteiger partial charge in [0.1, 0.15) is 11.5 Å². The monoisotopic (exact) mass is 398 g/mol. The summed E-state index contributed by atoms with van der Waals surface area (Å²) in [6.07, 6.45) is 2.93. The number of anilines is 1. The fourth-order valence-corrected chi connectivity index (χ4v) is 3.59. The molecule has 6 nitrogen and oxygen atoms in total. The zero-order chi connectivity index (χ0) is 19.4. The largest absolute Gasteiger partial charge is 0.278 e. The summed E-state index contributed by atoms with van der Waals surface area (Å²) >= 11 is 6.05. The highest BCUT2D eigenvalue weighted by molar-refractivity contribution is 7.92. The molecule has 136 valence electrons. The van der Waals surface area contributed by atoms with Crippen LogP contribution >= 0.6 is 11.6 Å². The summed E-state index contributed by atoms with van der Waals surface area (Å²) in [6.45, 7) is 3.50. The molecule has 0 amide bonds. The van der Waals surface area contributed by atoms with E-state index in [9.17, 15) is 8.42 Å². The SMILES string of the molecule is Cc1ncc(C#Cc2c(C)ncnc2Cl)cc1NS(=O)(=O)c1ccccc1. The van der Waals surface area contributed by atoms with Crippen molar-refractivity contribution in [3.05, 3.63) is 76.6 Å². The second-order valence-corrected chi connectivity index (χ2v) is 7.69. The molecule has 0 unspecified atom stereocenters. The quantitative estimate of drug-likeness (QED) is 0.540. The van der Waals surface area contributed by atoms with Gasteiger partial charge in [0, 0.05) is 11.8 Å². The molecule has 0 bridgehead atoms. The second-order valence-electron chi connectivity index (χ2n) is 5.65. The molecule has 3 aromatic rings. The fraction of sp³-hybridized carbons (Fsp3) is 0.105. The van der Waals surface area contributed by atoms with Crippen molar-refractivity contribution in [1.29, 1.82) is 0 Å². The number of aryl methyl sites for hydroxylation is 2. The fourth-order valence-electron chi connectivity index (χ4n) is 2.23. The van der Waals surface area contributed by atoms with Gasteiger partial charge < -0.3 is 0 Å². The Bertz CT molecular complexity index is 1130. The summed E-state index contributed by atoms with van der Waals surface area (Å²) in [7, 11) is -3.71. The van der Waals surface area contributed by atoms with Crippen LogP contribution in [-0.4, -0.2) is 23.4 Å². The Morgan fingerprint density at radius 3 is 2.44 bits per heavy atom. The van der Waals surface area contributed by atoms with E-state index in [0.29, 0.717) is 28.2 Å². The summed E-state index contributed by atoms with van der Waals surface area (Å²) in [6, 6.07) is 9.75. The van der Waals surface area contributed by atoms with Crippen LogP contribution in [0.25, 0.3) is 0 Å². The van der Waals surface area contributed by atoms with Crippen molar-refractivity contribution < 1.29 is 8.42 Å². The predicted molar refractivity (Wildman–Crippen MR) is 104 cm³/mol. The molecule has 0 aliphatic heterocycles. The van der Waals surface area contributed by atoms with Gasteiger partial charge in [0.25, 0.3) is 10.0 Å². The number of nitrogens with zero attached hydrogens (tertiary/aromatic N) is 3. The Kier molecular flexibility index (Phi) is 5.40. The van der Waals surface area contributed by atoms with E-state index in [4.69, 9.17) is 11.6 Å². The molecule has 27 heavy (non-hydrogen) atoms. The summed E-state index contributed by atoms with van der Waals surface area (Å²) in [5.41, 5.74) is 2.61. The minimum absolute atomic E-state index is 0.171. The predicted octanol–water partition coefficient (Wildman–Crippen LogP) is 3.34. The number of benzene rings is 1. The van der Waals surface area contributed by atoms with E-state index in [0.717, 1.165) is 0 Å². The Balaban J connectivity index is 1.93. The van der Waals surface area contributed by atoms with Crippen molar-refractivity contribution in [3.8, 4) is 11.8 Å². The summed E-state index contributed by atoms with van der Waals surface area (Å²) in [4.78, 5) is 12.4. The maximum atomic E-state index is 12.5. The average molecular weight is 399 g/mol. The van der Waals surface area contributed by atoms with Crippen LogP contribution in [0.4, 0.5) is 5.69 Å². The highest BCUT2D eigenvalue weighted by Gasteiger charge is 2.15. The molecule has 0 atom stereocenters. The van der Waals surface area contributed by atoms with Gasteiger partial charge in [-0.05, 0) is 32.0 Å². The van der Waals surface area contributed by atoms with Crippen LogP contribution in [-0.2, 0) is 10.0 Å².